The van der Waals surface area contributed by atoms with Crippen LogP contribution in [-0.4, -0.2) is 50.4 Å². The quantitative estimate of drug-likeness (QED) is 0.583. The zero-order valence-corrected chi connectivity index (χ0v) is 14.3. The minimum absolute atomic E-state index is 0.251. The van der Waals surface area contributed by atoms with Crippen LogP contribution in [0.4, 0.5) is 10.1 Å². The van der Waals surface area contributed by atoms with Crippen molar-refractivity contribution >= 4 is 15.7 Å². The summed E-state index contributed by atoms with van der Waals surface area (Å²) < 4.78 is 45.9. The van der Waals surface area contributed by atoms with Gasteiger partial charge in [-0.2, -0.15) is 4.31 Å². The van der Waals surface area contributed by atoms with Gasteiger partial charge in [0.25, 0.3) is 0 Å². The molecule has 1 unspecified atom stereocenters. The highest BCUT2D eigenvalue weighted by Crippen LogP contribution is 2.34. The van der Waals surface area contributed by atoms with Crippen molar-refractivity contribution in [2.45, 2.75) is 30.7 Å². The molecule has 1 atom stereocenters. The first kappa shape index (κ1) is 18.6. The first-order valence-electron chi connectivity index (χ1n) is 7.57. The van der Waals surface area contributed by atoms with E-state index in [4.69, 9.17) is 0 Å². The second kappa shape index (κ2) is 7.41. The Labute approximate surface area is 139 Å². The number of benzene rings is 1. The molecular weight excluding hydrogens is 341 g/mol. The van der Waals surface area contributed by atoms with Gasteiger partial charge in [0.1, 0.15) is 0 Å². The van der Waals surface area contributed by atoms with Crippen LogP contribution in [0.25, 0.3) is 0 Å². The van der Waals surface area contributed by atoms with E-state index in [1.165, 1.54) is 4.31 Å². The third-order valence-electron chi connectivity index (χ3n) is 3.89. The molecule has 1 fully saturated rings. The number of hydrogen-bond donors (Lipinski definition) is 1. The molecule has 0 bridgehead atoms. The minimum Gasteiger partial charge on any atom is -0.488 e. The third-order valence-corrected chi connectivity index (χ3v) is 5.82. The van der Waals surface area contributed by atoms with Crippen molar-refractivity contribution in [3.8, 4) is 5.75 Å². The number of rotatable bonds is 7. The van der Waals surface area contributed by atoms with Gasteiger partial charge in [0, 0.05) is 25.2 Å². The van der Waals surface area contributed by atoms with Crippen molar-refractivity contribution in [1.29, 1.82) is 0 Å². The standard InChI is InChI=1S/C14H20FN3O5S/c1-3-6-17(10-4-5-16-9-10)24(21,22)11-7-12(15)14(23-2)13(8-11)18(19)20/h7-8,10,16H,3-6,9H2,1-2H3. The van der Waals surface area contributed by atoms with Gasteiger partial charge in [-0.3, -0.25) is 10.1 Å². The molecule has 0 aliphatic carbocycles. The summed E-state index contributed by atoms with van der Waals surface area (Å²) in [7, 11) is -2.97. The Morgan fingerprint density at radius 1 is 1.50 bits per heavy atom. The van der Waals surface area contributed by atoms with Gasteiger partial charge in [-0.1, -0.05) is 6.92 Å². The molecule has 24 heavy (non-hydrogen) atoms. The van der Waals surface area contributed by atoms with Crippen LogP contribution in [0.2, 0.25) is 0 Å². The maximum absolute atomic E-state index is 14.1. The summed E-state index contributed by atoms with van der Waals surface area (Å²) in [5.74, 6) is -1.66. The van der Waals surface area contributed by atoms with Gasteiger partial charge in [0.15, 0.2) is 5.82 Å². The third kappa shape index (κ3) is 3.50. The van der Waals surface area contributed by atoms with Crippen molar-refractivity contribution in [3.05, 3.63) is 28.1 Å². The van der Waals surface area contributed by atoms with Crippen molar-refractivity contribution < 1.29 is 22.5 Å². The van der Waals surface area contributed by atoms with Gasteiger partial charge in [-0.15, -0.1) is 0 Å². The minimum atomic E-state index is -4.06. The Kier molecular flexibility index (Phi) is 5.73. The summed E-state index contributed by atoms with van der Waals surface area (Å²) in [5.41, 5.74) is -0.711. The van der Waals surface area contributed by atoms with E-state index < -0.39 is 37.1 Å². The van der Waals surface area contributed by atoms with Gasteiger partial charge in [-0.25, -0.2) is 12.8 Å². The van der Waals surface area contributed by atoms with Gasteiger partial charge in [0.2, 0.25) is 15.8 Å². The largest absolute Gasteiger partial charge is 0.488 e. The lowest BCUT2D eigenvalue weighted by molar-refractivity contribution is -0.386. The lowest BCUT2D eigenvalue weighted by atomic mass is 10.2. The second-order valence-electron chi connectivity index (χ2n) is 5.48. The summed E-state index contributed by atoms with van der Waals surface area (Å²) in [6.45, 7) is 3.29. The van der Waals surface area contributed by atoms with E-state index in [1.54, 1.807) is 0 Å². The second-order valence-corrected chi connectivity index (χ2v) is 7.37. The van der Waals surface area contributed by atoms with Crippen LogP contribution in [0.3, 0.4) is 0 Å². The summed E-state index contributed by atoms with van der Waals surface area (Å²) >= 11 is 0. The van der Waals surface area contributed by atoms with Gasteiger partial charge < -0.3 is 10.1 Å². The normalized spacial score (nSPS) is 18.1. The van der Waals surface area contributed by atoms with E-state index >= 15 is 0 Å². The molecule has 1 aliphatic rings. The Bertz CT molecular complexity index is 719. The average Bonchev–Trinajstić information content (AvgIpc) is 3.05. The van der Waals surface area contributed by atoms with Crippen LogP contribution in [0.15, 0.2) is 17.0 Å². The van der Waals surface area contributed by atoms with E-state index in [2.05, 4.69) is 10.1 Å². The molecule has 0 saturated carbocycles. The number of nitrogens with zero attached hydrogens (tertiary/aromatic N) is 2. The topological polar surface area (TPSA) is 102 Å². The maximum Gasteiger partial charge on any atom is 0.315 e. The smallest absolute Gasteiger partial charge is 0.315 e. The van der Waals surface area contributed by atoms with Crippen molar-refractivity contribution in [3.63, 3.8) is 0 Å². The molecule has 0 aromatic heterocycles. The molecule has 1 aromatic rings. The highest BCUT2D eigenvalue weighted by molar-refractivity contribution is 7.89. The first-order valence-corrected chi connectivity index (χ1v) is 9.01. The van der Waals surface area contributed by atoms with E-state index in [1.807, 2.05) is 6.92 Å². The number of nitro groups is 1. The SMILES string of the molecule is CCCN(C1CCNC1)S(=O)(=O)c1cc(F)c(OC)c([N+](=O)[O-])c1. The number of sulfonamides is 1. The Hall–Kier alpha value is -1.78. The average molecular weight is 361 g/mol. The fourth-order valence-corrected chi connectivity index (χ4v) is 4.56. The fourth-order valence-electron chi connectivity index (χ4n) is 2.78. The number of hydrogen-bond acceptors (Lipinski definition) is 6. The molecule has 1 N–H and O–H groups in total. The van der Waals surface area contributed by atoms with E-state index in [-0.39, 0.29) is 12.6 Å². The van der Waals surface area contributed by atoms with Crippen molar-refractivity contribution in [1.82, 2.24) is 9.62 Å². The summed E-state index contributed by atoms with van der Waals surface area (Å²) in [5, 5.41) is 14.2. The molecule has 1 heterocycles. The molecule has 10 heteroatoms. The lowest BCUT2D eigenvalue weighted by Gasteiger charge is -2.27. The van der Waals surface area contributed by atoms with Crippen LogP contribution in [0.1, 0.15) is 19.8 Å². The highest BCUT2D eigenvalue weighted by Gasteiger charge is 2.35. The predicted molar refractivity (Wildman–Crippen MR) is 85.1 cm³/mol. The van der Waals surface area contributed by atoms with E-state index in [0.717, 1.165) is 19.2 Å². The number of halogens is 1. The number of methoxy groups -OCH3 is 1. The number of ether oxygens (including phenoxy) is 1. The number of nitrogens with one attached hydrogen (secondary N) is 1. The Morgan fingerprint density at radius 2 is 2.21 bits per heavy atom. The molecule has 2 rings (SSSR count). The lowest BCUT2D eigenvalue weighted by Crippen LogP contribution is -2.42. The van der Waals surface area contributed by atoms with E-state index in [0.29, 0.717) is 25.9 Å². The molecule has 0 spiro atoms. The molecule has 0 amide bonds. The molecule has 0 radical (unpaired) electrons. The summed E-state index contributed by atoms with van der Waals surface area (Å²) in [6, 6.07) is 1.37. The Morgan fingerprint density at radius 3 is 2.71 bits per heavy atom. The molecule has 1 aromatic carbocycles. The van der Waals surface area contributed by atoms with Crippen LogP contribution >= 0.6 is 0 Å². The predicted octanol–water partition coefficient (Wildman–Crippen LogP) is 1.51. The monoisotopic (exact) mass is 361 g/mol. The Balaban J connectivity index is 2.52. The van der Waals surface area contributed by atoms with Crippen LogP contribution in [-0.2, 0) is 10.0 Å². The molecule has 1 saturated heterocycles. The maximum atomic E-state index is 14.1. The van der Waals surface area contributed by atoms with Gasteiger partial charge >= 0.3 is 5.69 Å². The first-order chi connectivity index (χ1) is 11.3. The van der Waals surface area contributed by atoms with Gasteiger partial charge in [-0.05, 0) is 25.5 Å². The fraction of sp³-hybridized carbons (Fsp3) is 0.571. The van der Waals surface area contributed by atoms with Crippen molar-refractivity contribution in [2.24, 2.45) is 0 Å². The highest BCUT2D eigenvalue weighted by atomic mass is 32.2. The molecular formula is C14H20FN3O5S. The van der Waals surface area contributed by atoms with Crippen molar-refractivity contribution in [2.75, 3.05) is 26.7 Å². The zero-order chi connectivity index (χ0) is 17.9. The van der Waals surface area contributed by atoms with Crippen LogP contribution in [0, 0.1) is 15.9 Å². The molecule has 8 nitrogen and oxygen atoms in total. The van der Waals surface area contributed by atoms with Crippen LogP contribution in [0.5, 0.6) is 5.75 Å². The van der Waals surface area contributed by atoms with E-state index in [9.17, 15) is 22.9 Å². The summed E-state index contributed by atoms with van der Waals surface area (Å²) in [6.07, 6.45) is 1.22. The zero-order valence-electron chi connectivity index (χ0n) is 13.5. The van der Waals surface area contributed by atoms with Crippen LogP contribution < -0.4 is 10.1 Å². The van der Waals surface area contributed by atoms with Gasteiger partial charge in [0.05, 0.1) is 16.9 Å². The number of nitro benzene ring substituents is 1. The molecule has 1 aliphatic heterocycles. The molecule has 134 valence electrons. The summed E-state index contributed by atoms with van der Waals surface area (Å²) in [4.78, 5) is 9.81.